The van der Waals surface area contributed by atoms with E-state index in [0.717, 1.165) is 12.3 Å². The number of halogens is 4. The highest BCUT2D eigenvalue weighted by molar-refractivity contribution is 6.30. The molecule has 0 spiro atoms. The van der Waals surface area contributed by atoms with Crippen LogP contribution in [0, 0.1) is 5.82 Å². The summed E-state index contributed by atoms with van der Waals surface area (Å²) in [6.45, 7) is 4.50. The lowest BCUT2D eigenvalue weighted by molar-refractivity contribution is -0.122. The Kier molecular flexibility index (Phi) is 7.57. The van der Waals surface area contributed by atoms with Gasteiger partial charge in [0, 0.05) is 49.6 Å². The normalized spacial score (nSPS) is 13.6. The van der Waals surface area contributed by atoms with Crippen LogP contribution in [0.5, 0.6) is 5.75 Å². The Labute approximate surface area is 187 Å². The van der Waals surface area contributed by atoms with E-state index < -0.39 is 18.1 Å². The van der Waals surface area contributed by atoms with Crippen LogP contribution in [0.2, 0.25) is 5.02 Å². The molecule has 0 saturated carbocycles. The van der Waals surface area contributed by atoms with Crippen molar-refractivity contribution in [3.05, 3.63) is 65.2 Å². The number of pyridine rings is 1. The number of ether oxygens (including phenoxy) is 1. The summed E-state index contributed by atoms with van der Waals surface area (Å²) in [5.74, 6) is -0.683. The minimum absolute atomic E-state index is 0.0499. The number of benzene rings is 1. The number of hydrogen-bond acceptors (Lipinski definition) is 4. The second-order valence-corrected chi connectivity index (χ2v) is 7.35. The number of carbonyl (C=O) groups excluding carboxylic acids is 2. The molecule has 1 aromatic carbocycles. The highest BCUT2D eigenvalue weighted by atomic mass is 35.5. The van der Waals surface area contributed by atoms with Crippen LogP contribution in [0.3, 0.4) is 0 Å². The Bertz CT molecular complexity index is 1000. The van der Waals surface area contributed by atoms with Gasteiger partial charge in [-0.05, 0) is 24.3 Å². The zero-order valence-electron chi connectivity index (χ0n) is 16.9. The lowest BCUT2D eigenvalue weighted by atomic mass is 10.3. The molecular weight excluding hydrogens is 449 g/mol. The molecule has 1 aliphatic rings. The van der Waals surface area contributed by atoms with Crippen molar-refractivity contribution in [1.29, 1.82) is 0 Å². The molecule has 2 heterocycles. The SMILES string of the molecule is C=C(CCN1CCN(c2ccc(C(F)F)cn2)C1=O)NC(=O)COc1ccc(Cl)c(F)c1. The number of nitrogens with zero attached hydrogens (tertiary/aromatic N) is 3. The van der Waals surface area contributed by atoms with E-state index in [2.05, 4.69) is 16.9 Å². The van der Waals surface area contributed by atoms with Crippen molar-refractivity contribution in [2.45, 2.75) is 12.8 Å². The summed E-state index contributed by atoms with van der Waals surface area (Å²) in [5.41, 5.74) is 0.168. The van der Waals surface area contributed by atoms with Gasteiger partial charge in [-0.25, -0.2) is 22.9 Å². The van der Waals surface area contributed by atoms with E-state index in [4.69, 9.17) is 16.3 Å². The number of nitrogens with one attached hydrogen (secondary N) is 1. The largest absolute Gasteiger partial charge is 0.484 e. The molecule has 32 heavy (non-hydrogen) atoms. The third kappa shape index (κ3) is 5.91. The first-order chi connectivity index (χ1) is 15.2. The lowest BCUT2D eigenvalue weighted by Gasteiger charge is -2.19. The number of amides is 3. The predicted molar refractivity (Wildman–Crippen MR) is 112 cm³/mol. The van der Waals surface area contributed by atoms with E-state index in [9.17, 15) is 22.8 Å². The highest BCUT2D eigenvalue weighted by Crippen LogP contribution is 2.23. The molecule has 0 radical (unpaired) electrons. The summed E-state index contributed by atoms with van der Waals surface area (Å²) in [4.78, 5) is 31.4. The molecule has 1 aromatic heterocycles. The van der Waals surface area contributed by atoms with Gasteiger partial charge in [0.25, 0.3) is 12.3 Å². The van der Waals surface area contributed by atoms with Gasteiger partial charge in [-0.2, -0.15) is 0 Å². The Morgan fingerprint density at radius 1 is 1.28 bits per heavy atom. The molecule has 1 fully saturated rings. The van der Waals surface area contributed by atoms with Gasteiger partial charge in [0.05, 0.1) is 5.02 Å². The fourth-order valence-electron chi connectivity index (χ4n) is 2.97. The van der Waals surface area contributed by atoms with E-state index >= 15 is 0 Å². The van der Waals surface area contributed by atoms with Crippen molar-refractivity contribution in [1.82, 2.24) is 15.2 Å². The van der Waals surface area contributed by atoms with Gasteiger partial charge in [-0.1, -0.05) is 18.2 Å². The standard InChI is InChI=1S/C21H20ClF3N4O3/c1-13(27-19(30)12-32-15-3-4-16(22)17(23)10-15)6-7-28-8-9-29(21(28)31)18-5-2-14(11-26-18)20(24)25/h2-5,10-11,20H,1,6-9,12H2,(H,27,30). The molecule has 0 unspecified atom stereocenters. The first-order valence-electron chi connectivity index (χ1n) is 9.60. The second-order valence-electron chi connectivity index (χ2n) is 6.94. The van der Waals surface area contributed by atoms with Crippen LogP contribution in [0.4, 0.5) is 23.8 Å². The van der Waals surface area contributed by atoms with Gasteiger partial charge in [0.1, 0.15) is 17.4 Å². The summed E-state index contributed by atoms with van der Waals surface area (Å²) in [6.07, 6.45) is -1.27. The molecule has 1 saturated heterocycles. The topological polar surface area (TPSA) is 74.8 Å². The smallest absolute Gasteiger partial charge is 0.325 e. The highest BCUT2D eigenvalue weighted by Gasteiger charge is 2.30. The molecule has 170 valence electrons. The van der Waals surface area contributed by atoms with E-state index in [1.807, 2.05) is 0 Å². The van der Waals surface area contributed by atoms with Crippen LogP contribution in [-0.4, -0.2) is 48.1 Å². The minimum Gasteiger partial charge on any atom is -0.484 e. The molecule has 0 bridgehead atoms. The van der Waals surface area contributed by atoms with Crippen molar-refractivity contribution in [2.75, 3.05) is 31.1 Å². The maximum Gasteiger partial charge on any atom is 0.325 e. The average Bonchev–Trinajstić information content (AvgIpc) is 3.13. The number of anilines is 1. The first kappa shape index (κ1) is 23.4. The van der Waals surface area contributed by atoms with E-state index in [0.29, 0.717) is 37.6 Å². The van der Waals surface area contributed by atoms with E-state index in [1.165, 1.54) is 29.2 Å². The predicted octanol–water partition coefficient (Wildman–Crippen LogP) is 4.15. The summed E-state index contributed by atoms with van der Waals surface area (Å²) in [7, 11) is 0. The van der Waals surface area contributed by atoms with Gasteiger partial charge in [0.2, 0.25) is 0 Å². The quantitative estimate of drug-likeness (QED) is 0.600. The minimum atomic E-state index is -2.62. The molecule has 3 amide bonds. The van der Waals surface area contributed by atoms with Crippen molar-refractivity contribution in [3.63, 3.8) is 0 Å². The van der Waals surface area contributed by atoms with Crippen LogP contribution in [-0.2, 0) is 4.79 Å². The Morgan fingerprint density at radius 2 is 2.06 bits per heavy atom. The van der Waals surface area contributed by atoms with Crippen molar-refractivity contribution >= 4 is 29.4 Å². The molecule has 1 aliphatic heterocycles. The number of rotatable bonds is 9. The number of hydrogen-bond donors (Lipinski definition) is 1. The van der Waals surface area contributed by atoms with Gasteiger partial charge in [-0.3, -0.25) is 9.69 Å². The number of urea groups is 1. The van der Waals surface area contributed by atoms with Crippen LogP contribution in [0.15, 0.2) is 48.8 Å². The lowest BCUT2D eigenvalue weighted by Crippen LogP contribution is -2.34. The van der Waals surface area contributed by atoms with Crippen molar-refractivity contribution in [2.24, 2.45) is 0 Å². The average molecular weight is 469 g/mol. The molecule has 0 atom stereocenters. The van der Waals surface area contributed by atoms with Crippen LogP contribution >= 0.6 is 11.6 Å². The molecule has 3 rings (SSSR count). The summed E-state index contributed by atoms with van der Waals surface area (Å²) < 4.78 is 43.9. The Balaban J connectivity index is 1.42. The fraction of sp³-hybridized carbons (Fsp3) is 0.286. The van der Waals surface area contributed by atoms with Gasteiger partial charge in [-0.15, -0.1) is 0 Å². The van der Waals surface area contributed by atoms with Gasteiger partial charge < -0.3 is 15.0 Å². The van der Waals surface area contributed by atoms with Crippen LogP contribution < -0.4 is 15.0 Å². The van der Waals surface area contributed by atoms with Crippen LogP contribution in [0.25, 0.3) is 0 Å². The zero-order valence-corrected chi connectivity index (χ0v) is 17.6. The van der Waals surface area contributed by atoms with Crippen LogP contribution in [0.1, 0.15) is 18.4 Å². The van der Waals surface area contributed by atoms with E-state index in [1.54, 1.807) is 4.90 Å². The first-order valence-corrected chi connectivity index (χ1v) is 9.98. The molecular formula is C21H20ClF3N4O3. The number of carbonyl (C=O) groups is 2. The number of alkyl halides is 2. The monoisotopic (exact) mass is 468 g/mol. The summed E-state index contributed by atoms with van der Waals surface area (Å²) in [6, 6.07) is 6.14. The third-order valence-corrected chi connectivity index (χ3v) is 4.96. The Hall–Kier alpha value is -3.27. The summed E-state index contributed by atoms with van der Waals surface area (Å²) >= 11 is 5.59. The fourth-order valence-corrected chi connectivity index (χ4v) is 3.09. The maximum atomic E-state index is 13.4. The Morgan fingerprint density at radius 3 is 2.72 bits per heavy atom. The van der Waals surface area contributed by atoms with Crippen molar-refractivity contribution < 1.29 is 27.5 Å². The zero-order chi connectivity index (χ0) is 23.3. The van der Waals surface area contributed by atoms with Gasteiger partial charge >= 0.3 is 6.03 Å². The summed E-state index contributed by atoms with van der Waals surface area (Å²) in [5, 5.41) is 2.51. The van der Waals surface area contributed by atoms with Gasteiger partial charge in [0.15, 0.2) is 6.61 Å². The molecule has 11 heteroatoms. The molecule has 1 N–H and O–H groups in total. The second kappa shape index (κ2) is 10.4. The molecule has 0 aliphatic carbocycles. The third-order valence-electron chi connectivity index (χ3n) is 4.65. The van der Waals surface area contributed by atoms with E-state index in [-0.39, 0.29) is 29.0 Å². The maximum absolute atomic E-state index is 13.4. The molecule has 7 nitrogen and oxygen atoms in total. The number of aromatic nitrogens is 1. The van der Waals surface area contributed by atoms with Crippen molar-refractivity contribution in [3.8, 4) is 5.75 Å². The molecule has 2 aromatic rings.